The van der Waals surface area contributed by atoms with Gasteiger partial charge in [-0.25, -0.2) is 0 Å². The molecule has 0 fully saturated rings. The van der Waals surface area contributed by atoms with Gasteiger partial charge in [-0.15, -0.1) is 24.8 Å². The topological polar surface area (TPSA) is 30.5 Å². The van der Waals surface area contributed by atoms with Crippen LogP contribution in [0.25, 0.3) is 0 Å². The van der Waals surface area contributed by atoms with E-state index in [0.717, 1.165) is 26.1 Å². The minimum Gasteiger partial charge on any atom is -0.350 e. The van der Waals surface area contributed by atoms with Gasteiger partial charge in [0.2, 0.25) is 0 Å². The lowest BCUT2D eigenvalue weighted by molar-refractivity contribution is 0.560. The first kappa shape index (κ1) is 18.9. The zero-order chi connectivity index (χ0) is 13.9. The van der Waals surface area contributed by atoms with Gasteiger partial charge in [-0.1, -0.05) is 32.4 Å². The predicted molar refractivity (Wildman–Crippen MR) is 99.2 cm³/mol. The van der Waals surface area contributed by atoms with Crippen LogP contribution in [0.1, 0.15) is 26.7 Å². The number of anilines is 2. The molecular formula is C16H26Cl2N4. The van der Waals surface area contributed by atoms with Crippen molar-refractivity contribution >= 4 is 36.2 Å². The molecule has 4 nitrogen and oxygen atoms in total. The fourth-order valence-electron chi connectivity index (χ4n) is 3.02. The minimum atomic E-state index is 0. The Morgan fingerprint density at radius 3 is 2.55 bits per heavy atom. The van der Waals surface area contributed by atoms with E-state index < -0.39 is 0 Å². The second-order valence-corrected chi connectivity index (χ2v) is 5.37. The normalized spacial score (nSPS) is 17.9. The van der Waals surface area contributed by atoms with Crippen LogP contribution in [0.5, 0.6) is 0 Å². The summed E-state index contributed by atoms with van der Waals surface area (Å²) in [5.41, 5.74) is 3.99. The van der Waals surface area contributed by atoms with E-state index in [4.69, 9.17) is 0 Å². The molecule has 22 heavy (non-hydrogen) atoms. The van der Waals surface area contributed by atoms with Crippen LogP contribution < -0.4 is 20.4 Å². The number of halogens is 2. The quantitative estimate of drug-likeness (QED) is 0.775. The Morgan fingerprint density at radius 2 is 1.86 bits per heavy atom. The highest BCUT2D eigenvalue weighted by Crippen LogP contribution is 2.41. The molecule has 1 unspecified atom stereocenters. The molecule has 2 N–H and O–H groups in total. The first-order chi connectivity index (χ1) is 9.85. The SMILES string of the molecule is CCCC1=CN2c3ccccc3N(CCNCC)C2N1.Cl.Cl. The van der Waals surface area contributed by atoms with E-state index in [-0.39, 0.29) is 31.1 Å². The summed E-state index contributed by atoms with van der Waals surface area (Å²) >= 11 is 0. The van der Waals surface area contributed by atoms with Gasteiger partial charge < -0.3 is 20.4 Å². The number of allylic oxidation sites excluding steroid dienone is 1. The average Bonchev–Trinajstić information content (AvgIpc) is 2.98. The third-order valence-electron chi connectivity index (χ3n) is 3.94. The van der Waals surface area contributed by atoms with Crippen LogP contribution in [0, 0.1) is 0 Å². The lowest BCUT2D eigenvalue weighted by Crippen LogP contribution is -2.48. The first-order valence-corrected chi connectivity index (χ1v) is 7.67. The Balaban J connectivity index is 0.00000121. The zero-order valence-electron chi connectivity index (χ0n) is 13.2. The Bertz CT molecular complexity index is 507. The monoisotopic (exact) mass is 344 g/mol. The second kappa shape index (κ2) is 8.51. The Hall–Kier alpha value is -1.10. The Morgan fingerprint density at radius 1 is 1.14 bits per heavy atom. The highest BCUT2D eigenvalue weighted by atomic mass is 35.5. The number of nitrogens with one attached hydrogen (secondary N) is 2. The van der Waals surface area contributed by atoms with Crippen molar-refractivity contribution in [3.8, 4) is 0 Å². The molecule has 0 saturated carbocycles. The van der Waals surface area contributed by atoms with Crippen LogP contribution in [-0.2, 0) is 0 Å². The van der Waals surface area contributed by atoms with Gasteiger partial charge in [-0.3, -0.25) is 0 Å². The molecule has 0 radical (unpaired) electrons. The maximum absolute atomic E-state index is 3.66. The van der Waals surface area contributed by atoms with E-state index in [2.05, 4.69) is 64.7 Å². The number of hydrogen-bond donors (Lipinski definition) is 2. The highest BCUT2D eigenvalue weighted by Gasteiger charge is 2.38. The number of nitrogens with zero attached hydrogens (tertiary/aromatic N) is 2. The molecule has 6 heteroatoms. The number of rotatable bonds is 6. The number of hydrogen-bond acceptors (Lipinski definition) is 4. The second-order valence-electron chi connectivity index (χ2n) is 5.37. The molecule has 1 aromatic rings. The van der Waals surface area contributed by atoms with Crippen molar-refractivity contribution in [2.24, 2.45) is 0 Å². The van der Waals surface area contributed by atoms with Gasteiger partial charge in [0.25, 0.3) is 0 Å². The van der Waals surface area contributed by atoms with Crippen LogP contribution in [0.15, 0.2) is 36.2 Å². The molecule has 0 spiro atoms. The van der Waals surface area contributed by atoms with Crippen LogP contribution in [0.2, 0.25) is 0 Å². The number of fused-ring (bicyclic) bond motifs is 3. The number of para-hydroxylation sites is 2. The standard InChI is InChI=1S/C16H24N4.2ClH/c1-3-7-13-12-20-15-9-6-5-8-14(15)19(16(20)18-13)11-10-17-4-2;;/h5-6,8-9,12,16-18H,3-4,7,10-11H2,1-2H3;2*1H. The Kier molecular flexibility index (Phi) is 7.33. The van der Waals surface area contributed by atoms with Crippen LogP contribution in [-0.4, -0.2) is 25.9 Å². The molecule has 0 saturated heterocycles. The average molecular weight is 345 g/mol. The summed E-state index contributed by atoms with van der Waals surface area (Å²) in [6, 6.07) is 8.67. The van der Waals surface area contributed by atoms with Gasteiger partial charge in [-0.2, -0.15) is 0 Å². The van der Waals surface area contributed by atoms with Gasteiger partial charge >= 0.3 is 0 Å². The van der Waals surface area contributed by atoms with Crippen LogP contribution in [0.4, 0.5) is 11.4 Å². The van der Waals surface area contributed by atoms with Crippen molar-refractivity contribution in [2.45, 2.75) is 33.0 Å². The van der Waals surface area contributed by atoms with Gasteiger partial charge in [0, 0.05) is 25.0 Å². The molecule has 2 aliphatic rings. The van der Waals surface area contributed by atoms with E-state index in [1.165, 1.54) is 23.5 Å². The highest BCUT2D eigenvalue weighted by molar-refractivity contribution is 5.85. The van der Waals surface area contributed by atoms with Crippen LogP contribution >= 0.6 is 24.8 Å². The summed E-state index contributed by atoms with van der Waals surface area (Å²) < 4.78 is 0. The van der Waals surface area contributed by atoms with E-state index >= 15 is 0 Å². The minimum absolute atomic E-state index is 0. The van der Waals surface area contributed by atoms with Gasteiger partial charge in [-0.05, 0) is 25.1 Å². The summed E-state index contributed by atoms with van der Waals surface area (Å²) in [5.74, 6) is 0. The number of likely N-dealkylation sites (N-methyl/N-ethyl adjacent to an activating group) is 1. The molecule has 0 aliphatic carbocycles. The van der Waals surface area contributed by atoms with Gasteiger partial charge in [0.05, 0.1) is 11.4 Å². The molecule has 0 aromatic heterocycles. The lowest BCUT2D eigenvalue weighted by Gasteiger charge is -2.28. The van der Waals surface area contributed by atoms with Crippen molar-refractivity contribution < 1.29 is 0 Å². The third-order valence-corrected chi connectivity index (χ3v) is 3.94. The number of benzene rings is 1. The summed E-state index contributed by atoms with van der Waals surface area (Å²) in [4.78, 5) is 4.82. The molecule has 0 amide bonds. The van der Waals surface area contributed by atoms with Crippen molar-refractivity contribution in [3.63, 3.8) is 0 Å². The molecule has 1 atom stereocenters. The molecule has 0 bridgehead atoms. The van der Waals surface area contributed by atoms with E-state index in [0.29, 0.717) is 0 Å². The predicted octanol–water partition coefficient (Wildman–Crippen LogP) is 3.29. The Labute approximate surface area is 145 Å². The molecule has 1 aromatic carbocycles. The summed E-state index contributed by atoms with van der Waals surface area (Å²) in [6.45, 7) is 7.44. The lowest BCUT2D eigenvalue weighted by atomic mass is 10.2. The van der Waals surface area contributed by atoms with Crippen molar-refractivity contribution in [3.05, 3.63) is 36.2 Å². The van der Waals surface area contributed by atoms with Crippen molar-refractivity contribution in [2.75, 3.05) is 29.4 Å². The van der Waals surface area contributed by atoms with Gasteiger partial charge in [0.1, 0.15) is 0 Å². The molecule has 2 heterocycles. The summed E-state index contributed by atoms with van der Waals surface area (Å²) in [7, 11) is 0. The van der Waals surface area contributed by atoms with Crippen molar-refractivity contribution in [1.82, 2.24) is 10.6 Å². The van der Waals surface area contributed by atoms with E-state index in [1.54, 1.807) is 0 Å². The molecule has 2 aliphatic heterocycles. The summed E-state index contributed by atoms with van der Waals surface area (Å²) in [5, 5.41) is 7.08. The van der Waals surface area contributed by atoms with E-state index in [9.17, 15) is 0 Å². The molecular weight excluding hydrogens is 319 g/mol. The largest absolute Gasteiger partial charge is 0.350 e. The van der Waals surface area contributed by atoms with Crippen LogP contribution in [0.3, 0.4) is 0 Å². The van der Waals surface area contributed by atoms with E-state index in [1.807, 2.05) is 0 Å². The first-order valence-electron chi connectivity index (χ1n) is 7.67. The zero-order valence-corrected chi connectivity index (χ0v) is 14.8. The van der Waals surface area contributed by atoms with Gasteiger partial charge in [0.15, 0.2) is 6.29 Å². The van der Waals surface area contributed by atoms with Crippen molar-refractivity contribution in [1.29, 1.82) is 0 Å². The maximum atomic E-state index is 3.66. The fourth-order valence-corrected chi connectivity index (χ4v) is 3.02. The summed E-state index contributed by atoms with van der Waals surface area (Å²) in [6.07, 6.45) is 4.84. The fraction of sp³-hybridized carbons (Fsp3) is 0.500. The maximum Gasteiger partial charge on any atom is 0.182 e. The third kappa shape index (κ3) is 3.45. The smallest absolute Gasteiger partial charge is 0.182 e. The molecule has 3 rings (SSSR count). The molecule has 124 valence electrons.